The molecule has 1 spiro atoms. The number of carbonyl (C=O) groups excluding carboxylic acids is 1. The maximum atomic E-state index is 12.7. The van der Waals surface area contributed by atoms with Gasteiger partial charge in [-0.25, -0.2) is 0 Å². The molecule has 1 N–H and O–H groups in total. The molecule has 1 aromatic carbocycles. The van der Waals surface area contributed by atoms with Crippen molar-refractivity contribution in [1.29, 1.82) is 0 Å². The molecule has 1 aromatic rings. The number of carbonyl (C=O) groups is 1. The Labute approximate surface area is 138 Å². The van der Waals surface area contributed by atoms with Gasteiger partial charge in [0.25, 0.3) is 5.91 Å². The van der Waals surface area contributed by atoms with Gasteiger partial charge in [0.05, 0.1) is 4.47 Å². The number of hydrogen-bond acceptors (Lipinski definition) is 4. The lowest BCUT2D eigenvalue weighted by atomic mass is 9.78. The fourth-order valence-corrected chi connectivity index (χ4v) is 4.24. The van der Waals surface area contributed by atoms with Crippen LogP contribution in [0, 0.1) is 5.41 Å². The van der Waals surface area contributed by atoms with Crippen molar-refractivity contribution in [2.75, 3.05) is 33.0 Å². The fraction of sp³-hybridized carbons (Fsp3) is 0.562. The molecule has 0 aromatic heterocycles. The van der Waals surface area contributed by atoms with Crippen LogP contribution in [0.5, 0.6) is 11.5 Å². The molecule has 4 rings (SSSR count). The number of likely N-dealkylation sites (tertiary alicyclic amines) is 1. The van der Waals surface area contributed by atoms with E-state index >= 15 is 0 Å². The number of benzene rings is 1. The van der Waals surface area contributed by atoms with Crippen molar-refractivity contribution >= 4 is 21.8 Å². The Morgan fingerprint density at radius 2 is 2.05 bits per heavy atom. The molecule has 5 nitrogen and oxygen atoms in total. The quantitative estimate of drug-likeness (QED) is 0.828. The van der Waals surface area contributed by atoms with E-state index in [0.717, 1.165) is 43.5 Å². The normalized spacial score (nSPS) is 22.3. The van der Waals surface area contributed by atoms with Gasteiger partial charge in [0.2, 0.25) is 6.79 Å². The molecular formula is C16H19BrN2O3. The number of piperidine rings is 1. The first-order valence-electron chi connectivity index (χ1n) is 7.76. The third kappa shape index (κ3) is 2.38. The van der Waals surface area contributed by atoms with Crippen LogP contribution in [0.1, 0.15) is 29.6 Å². The van der Waals surface area contributed by atoms with Crippen molar-refractivity contribution in [2.24, 2.45) is 5.41 Å². The molecule has 0 bridgehead atoms. The van der Waals surface area contributed by atoms with Gasteiger partial charge in [0.15, 0.2) is 11.5 Å². The molecule has 2 fully saturated rings. The summed E-state index contributed by atoms with van der Waals surface area (Å²) >= 11 is 3.46. The Bertz CT molecular complexity index is 604. The van der Waals surface area contributed by atoms with Gasteiger partial charge in [0.1, 0.15) is 0 Å². The minimum Gasteiger partial charge on any atom is -0.454 e. The van der Waals surface area contributed by atoms with E-state index < -0.39 is 0 Å². The van der Waals surface area contributed by atoms with E-state index in [1.807, 2.05) is 11.0 Å². The lowest BCUT2D eigenvalue weighted by Crippen LogP contribution is -2.44. The van der Waals surface area contributed by atoms with E-state index in [2.05, 4.69) is 21.2 Å². The average Bonchev–Trinajstić information content (AvgIpc) is 3.17. The molecule has 3 heterocycles. The highest BCUT2D eigenvalue weighted by Gasteiger charge is 2.38. The van der Waals surface area contributed by atoms with Gasteiger partial charge in [-0.2, -0.15) is 0 Å². The van der Waals surface area contributed by atoms with Gasteiger partial charge in [0, 0.05) is 25.2 Å². The SMILES string of the molecule is O=C(c1cc(Br)c2c(c1)OCO2)N1CCC2(CCNC2)CC1. The summed E-state index contributed by atoms with van der Waals surface area (Å²) in [5.74, 6) is 1.41. The molecule has 3 aliphatic heterocycles. The van der Waals surface area contributed by atoms with E-state index in [0.29, 0.717) is 22.5 Å². The van der Waals surface area contributed by atoms with Gasteiger partial charge >= 0.3 is 0 Å². The largest absolute Gasteiger partial charge is 0.454 e. The number of halogens is 1. The number of ether oxygens (including phenoxy) is 2. The lowest BCUT2D eigenvalue weighted by molar-refractivity contribution is 0.0607. The minimum atomic E-state index is 0.0832. The van der Waals surface area contributed by atoms with Crippen molar-refractivity contribution in [1.82, 2.24) is 10.2 Å². The molecule has 0 atom stereocenters. The van der Waals surface area contributed by atoms with Crippen LogP contribution in [0.15, 0.2) is 16.6 Å². The second-order valence-corrected chi connectivity index (χ2v) is 7.27. The minimum absolute atomic E-state index is 0.0832. The van der Waals surface area contributed by atoms with Crippen molar-refractivity contribution < 1.29 is 14.3 Å². The summed E-state index contributed by atoms with van der Waals surface area (Å²) in [5.41, 5.74) is 1.09. The Balaban J connectivity index is 1.50. The van der Waals surface area contributed by atoms with E-state index in [1.54, 1.807) is 6.07 Å². The molecule has 0 saturated carbocycles. The Kier molecular flexibility index (Phi) is 3.53. The van der Waals surface area contributed by atoms with E-state index in [4.69, 9.17) is 9.47 Å². The van der Waals surface area contributed by atoms with Crippen molar-refractivity contribution in [2.45, 2.75) is 19.3 Å². The summed E-state index contributed by atoms with van der Waals surface area (Å²) in [7, 11) is 0. The van der Waals surface area contributed by atoms with Crippen LogP contribution in [0.4, 0.5) is 0 Å². The molecule has 6 heteroatoms. The van der Waals surface area contributed by atoms with Gasteiger partial charge in [-0.15, -0.1) is 0 Å². The first kappa shape index (κ1) is 14.3. The number of rotatable bonds is 1. The van der Waals surface area contributed by atoms with Gasteiger partial charge in [-0.1, -0.05) is 0 Å². The third-order valence-electron chi connectivity index (χ3n) is 5.12. The van der Waals surface area contributed by atoms with E-state index in [-0.39, 0.29) is 12.7 Å². The van der Waals surface area contributed by atoms with Gasteiger partial charge in [-0.05, 0) is 59.3 Å². The van der Waals surface area contributed by atoms with Crippen LogP contribution >= 0.6 is 15.9 Å². The number of amides is 1. The fourth-order valence-electron chi connectivity index (χ4n) is 3.68. The van der Waals surface area contributed by atoms with E-state index in [1.165, 1.54) is 6.42 Å². The van der Waals surface area contributed by atoms with E-state index in [9.17, 15) is 4.79 Å². The average molecular weight is 367 g/mol. The summed E-state index contributed by atoms with van der Waals surface area (Å²) in [5, 5.41) is 3.45. The van der Waals surface area contributed by atoms with Gasteiger partial charge < -0.3 is 19.7 Å². The first-order chi connectivity index (χ1) is 10.7. The Hall–Kier alpha value is -1.27. The highest BCUT2D eigenvalue weighted by Crippen LogP contribution is 2.41. The number of nitrogens with zero attached hydrogens (tertiary/aromatic N) is 1. The van der Waals surface area contributed by atoms with Gasteiger partial charge in [-0.3, -0.25) is 4.79 Å². The lowest BCUT2D eigenvalue weighted by Gasteiger charge is -2.38. The highest BCUT2D eigenvalue weighted by molar-refractivity contribution is 9.10. The summed E-state index contributed by atoms with van der Waals surface area (Å²) in [6.07, 6.45) is 3.43. The molecule has 3 aliphatic rings. The zero-order valence-electron chi connectivity index (χ0n) is 12.4. The molecule has 0 radical (unpaired) electrons. The number of hydrogen-bond donors (Lipinski definition) is 1. The maximum Gasteiger partial charge on any atom is 0.254 e. The van der Waals surface area contributed by atoms with Crippen LogP contribution < -0.4 is 14.8 Å². The molecular weight excluding hydrogens is 348 g/mol. The summed E-state index contributed by atoms with van der Waals surface area (Å²) in [6.45, 7) is 4.11. The number of fused-ring (bicyclic) bond motifs is 1. The second-order valence-electron chi connectivity index (χ2n) is 6.41. The molecule has 22 heavy (non-hydrogen) atoms. The standard InChI is InChI=1S/C16H19BrN2O3/c17-12-7-11(8-13-14(12)22-10-21-13)15(20)19-5-2-16(3-6-19)1-4-18-9-16/h7-8,18H,1-6,9-10H2. The smallest absolute Gasteiger partial charge is 0.254 e. The predicted octanol–water partition coefficient (Wildman–Crippen LogP) is 2.39. The van der Waals surface area contributed by atoms with Crippen LogP contribution in [0.3, 0.4) is 0 Å². The molecule has 0 aliphatic carbocycles. The summed E-state index contributed by atoms with van der Waals surface area (Å²) in [6, 6.07) is 3.62. The van der Waals surface area contributed by atoms with Crippen molar-refractivity contribution in [3.8, 4) is 11.5 Å². The van der Waals surface area contributed by atoms with Crippen molar-refractivity contribution in [3.05, 3.63) is 22.2 Å². The summed E-state index contributed by atoms with van der Waals surface area (Å²) in [4.78, 5) is 14.7. The molecule has 1 amide bonds. The third-order valence-corrected chi connectivity index (χ3v) is 5.71. The zero-order chi connectivity index (χ0) is 15.2. The van der Waals surface area contributed by atoms with Crippen LogP contribution in [-0.4, -0.2) is 43.8 Å². The number of nitrogens with one attached hydrogen (secondary N) is 1. The zero-order valence-corrected chi connectivity index (χ0v) is 13.9. The second kappa shape index (κ2) is 5.42. The Morgan fingerprint density at radius 3 is 2.77 bits per heavy atom. The summed E-state index contributed by atoms with van der Waals surface area (Å²) < 4.78 is 11.6. The molecule has 118 valence electrons. The maximum absolute atomic E-state index is 12.7. The van der Waals surface area contributed by atoms with Crippen LogP contribution in [0.2, 0.25) is 0 Å². The molecule has 2 saturated heterocycles. The van der Waals surface area contributed by atoms with Crippen LogP contribution in [-0.2, 0) is 0 Å². The first-order valence-corrected chi connectivity index (χ1v) is 8.55. The van der Waals surface area contributed by atoms with Crippen molar-refractivity contribution in [3.63, 3.8) is 0 Å². The molecule has 0 unspecified atom stereocenters. The topological polar surface area (TPSA) is 50.8 Å². The Morgan fingerprint density at radius 1 is 1.23 bits per heavy atom. The highest BCUT2D eigenvalue weighted by atomic mass is 79.9. The predicted molar refractivity (Wildman–Crippen MR) is 85.3 cm³/mol. The van der Waals surface area contributed by atoms with Crippen LogP contribution in [0.25, 0.3) is 0 Å². The monoisotopic (exact) mass is 366 g/mol.